The van der Waals surface area contributed by atoms with Crippen LogP contribution in [0.2, 0.25) is 0 Å². The zero-order valence-electron chi connectivity index (χ0n) is 4.82. The standard InChI is InChI=1S/C5H7BO3/c1-2-3(7)4(8)5(6)9-2/h3-5,7-8H,1H2/t3-,4?,5-/m1/s1. The van der Waals surface area contributed by atoms with Crippen molar-refractivity contribution in [3.63, 3.8) is 0 Å². The van der Waals surface area contributed by atoms with Crippen molar-refractivity contribution < 1.29 is 14.9 Å². The molecule has 1 fully saturated rings. The molecule has 3 atom stereocenters. The van der Waals surface area contributed by atoms with Gasteiger partial charge in [-0.1, -0.05) is 6.58 Å². The molecule has 3 nitrogen and oxygen atoms in total. The SMILES string of the molecule is [B][C@@H]1OC(=C)[C@@H](O)C1O. The van der Waals surface area contributed by atoms with E-state index in [1.165, 1.54) is 0 Å². The largest absolute Gasteiger partial charge is 0.500 e. The van der Waals surface area contributed by atoms with Crippen LogP contribution in [0, 0.1) is 0 Å². The van der Waals surface area contributed by atoms with E-state index in [1.54, 1.807) is 0 Å². The predicted molar refractivity (Wildman–Crippen MR) is 31.8 cm³/mol. The summed E-state index contributed by atoms with van der Waals surface area (Å²) in [4.78, 5) is 0. The zero-order chi connectivity index (χ0) is 7.02. The summed E-state index contributed by atoms with van der Waals surface area (Å²) in [5, 5.41) is 17.8. The van der Waals surface area contributed by atoms with Crippen molar-refractivity contribution in [3.05, 3.63) is 12.3 Å². The third kappa shape index (κ3) is 0.953. The van der Waals surface area contributed by atoms with Crippen molar-refractivity contribution in [3.8, 4) is 0 Å². The smallest absolute Gasteiger partial charge is 0.139 e. The molecule has 2 radical (unpaired) electrons. The molecule has 0 saturated carbocycles. The summed E-state index contributed by atoms with van der Waals surface area (Å²) in [5.41, 5.74) is 0. The van der Waals surface area contributed by atoms with Crippen molar-refractivity contribution in [2.75, 3.05) is 0 Å². The lowest BCUT2D eigenvalue weighted by atomic mass is 9.94. The van der Waals surface area contributed by atoms with Crippen LogP contribution >= 0.6 is 0 Å². The number of ether oxygens (including phenoxy) is 1. The Morgan fingerprint density at radius 1 is 1.56 bits per heavy atom. The van der Waals surface area contributed by atoms with E-state index in [9.17, 15) is 0 Å². The first-order chi connectivity index (χ1) is 4.13. The molecule has 0 bridgehead atoms. The summed E-state index contributed by atoms with van der Waals surface area (Å²) in [6.45, 7) is 3.32. The lowest BCUT2D eigenvalue weighted by Crippen LogP contribution is -2.29. The van der Waals surface area contributed by atoms with Crippen LogP contribution in [0.5, 0.6) is 0 Å². The van der Waals surface area contributed by atoms with E-state index in [0.717, 1.165) is 0 Å². The highest BCUT2D eigenvalue weighted by molar-refractivity contribution is 6.11. The van der Waals surface area contributed by atoms with Gasteiger partial charge in [-0.2, -0.15) is 0 Å². The lowest BCUT2D eigenvalue weighted by Gasteiger charge is -2.06. The Hall–Kier alpha value is -0.475. The van der Waals surface area contributed by atoms with Crippen molar-refractivity contribution in [2.24, 2.45) is 0 Å². The number of hydrogen-bond acceptors (Lipinski definition) is 3. The zero-order valence-corrected chi connectivity index (χ0v) is 4.82. The van der Waals surface area contributed by atoms with E-state index < -0.39 is 18.2 Å². The normalized spacial score (nSPS) is 42.9. The molecule has 1 aliphatic heterocycles. The number of aliphatic hydroxyl groups is 2. The molecule has 1 heterocycles. The summed E-state index contributed by atoms with van der Waals surface area (Å²) >= 11 is 0. The summed E-state index contributed by atoms with van der Waals surface area (Å²) in [6, 6.07) is -0.826. The number of hydrogen-bond donors (Lipinski definition) is 2. The van der Waals surface area contributed by atoms with Crippen LogP contribution in [0.3, 0.4) is 0 Å². The first kappa shape index (κ1) is 6.64. The van der Waals surface area contributed by atoms with E-state index >= 15 is 0 Å². The Morgan fingerprint density at radius 3 is 2.22 bits per heavy atom. The van der Waals surface area contributed by atoms with Crippen LogP contribution in [-0.2, 0) is 4.74 Å². The summed E-state index contributed by atoms with van der Waals surface area (Å²) < 4.78 is 4.67. The first-order valence-electron chi connectivity index (χ1n) is 2.60. The summed E-state index contributed by atoms with van der Waals surface area (Å²) in [7, 11) is 5.17. The van der Waals surface area contributed by atoms with Crippen LogP contribution in [0.15, 0.2) is 12.3 Å². The van der Waals surface area contributed by atoms with Gasteiger partial charge in [-0.15, -0.1) is 0 Å². The molecule has 0 aromatic rings. The first-order valence-corrected chi connectivity index (χ1v) is 2.60. The molecule has 1 saturated heterocycles. The van der Waals surface area contributed by atoms with Gasteiger partial charge in [0.1, 0.15) is 25.8 Å². The van der Waals surface area contributed by atoms with Gasteiger partial charge in [-0.3, -0.25) is 0 Å². The minimum atomic E-state index is -1.03. The second-order valence-electron chi connectivity index (χ2n) is 1.98. The average Bonchev–Trinajstić information content (AvgIpc) is 1.98. The van der Waals surface area contributed by atoms with E-state index in [-0.39, 0.29) is 5.76 Å². The van der Waals surface area contributed by atoms with Gasteiger partial charge >= 0.3 is 0 Å². The molecular formula is C5H7BO3. The van der Waals surface area contributed by atoms with E-state index in [2.05, 4.69) is 11.3 Å². The minimum Gasteiger partial charge on any atom is -0.500 e. The number of rotatable bonds is 0. The lowest BCUT2D eigenvalue weighted by molar-refractivity contribution is 0.0527. The van der Waals surface area contributed by atoms with E-state index in [1.807, 2.05) is 0 Å². The average molecular weight is 126 g/mol. The van der Waals surface area contributed by atoms with Gasteiger partial charge in [0.05, 0.1) is 6.00 Å². The Labute approximate surface area is 54.4 Å². The van der Waals surface area contributed by atoms with Gasteiger partial charge in [0.15, 0.2) is 0 Å². The molecule has 1 aliphatic rings. The van der Waals surface area contributed by atoms with Gasteiger partial charge in [0.25, 0.3) is 0 Å². The molecule has 2 N–H and O–H groups in total. The molecule has 1 unspecified atom stereocenters. The monoisotopic (exact) mass is 126 g/mol. The van der Waals surface area contributed by atoms with Crippen molar-refractivity contribution in [1.29, 1.82) is 0 Å². The Balaban J connectivity index is 2.65. The molecule has 0 spiro atoms. The quantitative estimate of drug-likeness (QED) is 0.398. The van der Waals surface area contributed by atoms with Crippen LogP contribution in [0.1, 0.15) is 0 Å². The molecule has 0 aliphatic carbocycles. The Kier molecular flexibility index (Phi) is 1.51. The summed E-state index contributed by atoms with van der Waals surface area (Å²) in [6.07, 6.45) is -2.06. The molecular weight excluding hydrogens is 119 g/mol. The van der Waals surface area contributed by atoms with Crippen molar-refractivity contribution in [2.45, 2.75) is 18.2 Å². The maximum absolute atomic E-state index is 8.88. The molecule has 0 aromatic heterocycles. The molecule has 1 rings (SSSR count). The van der Waals surface area contributed by atoms with Crippen LogP contribution in [0.25, 0.3) is 0 Å². The summed E-state index contributed by atoms with van der Waals surface area (Å²) in [5.74, 6) is 0.134. The maximum atomic E-state index is 8.88. The van der Waals surface area contributed by atoms with Crippen molar-refractivity contribution >= 4 is 7.85 Å². The Bertz CT molecular complexity index is 136. The van der Waals surface area contributed by atoms with Gasteiger partial charge < -0.3 is 14.9 Å². The second kappa shape index (κ2) is 2.04. The molecule has 0 aromatic carbocycles. The van der Waals surface area contributed by atoms with Crippen LogP contribution < -0.4 is 0 Å². The van der Waals surface area contributed by atoms with Gasteiger partial charge in [-0.25, -0.2) is 0 Å². The topological polar surface area (TPSA) is 49.7 Å². The van der Waals surface area contributed by atoms with Gasteiger partial charge in [0, 0.05) is 0 Å². The van der Waals surface area contributed by atoms with Gasteiger partial charge in [0.2, 0.25) is 0 Å². The second-order valence-corrected chi connectivity index (χ2v) is 1.98. The third-order valence-electron chi connectivity index (χ3n) is 1.28. The van der Waals surface area contributed by atoms with E-state index in [0.29, 0.717) is 0 Å². The fraction of sp³-hybridized carbons (Fsp3) is 0.600. The Morgan fingerprint density at radius 2 is 2.11 bits per heavy atom. The minimum absolute atomic E-state index is 0.134. The maximum Gasteiger partial charge on any atom is 0.139 e. The fourth-order valence-corrected chi connectivity index (χ4v) is 0.684. The molecule has 4 heteroatoms. The highest BCUT2D eigenvalue weighted by Gasteiger charge is 2.34. The highest BCUT2D eigenvalue weighted by atomic mass is 16.5. The highest BCUT2D eigenvalue weighted by Crippen LogP contribution is 2.20. The third-order valence-corrected chi connectivity index (χ3v) is 1.28. The van der Waals surface area contributed by atoms with Crippen LogP contribution in [-0.4, -0.2) is 36.3 Å². The fourth-order valence-electron chi connectivity index (χ4n) is 0.684. The predicted octanol–water partition coefficient (Wildman–Crippen LogP) is -1.25. The van der Waals surface area contributed by atoms with Crippen molar-refractivity contribution in [1.82, 2.24) is 0 Å². The van der Waals surface area contributed by atoms with Crippen LogP contribution in [0.4, 0.5) is 0 Å². The number of aliphatic hydroxyl groups excluding tert-OH is 2. The van der Waals surface area contributed by atoms with Gasteiger partial charge in [-0.05, 0) is 0 Å². The molecule has 0 amide bonds. The van der Waals surface area contributed by atoms with E-state index in [4.69, 9.17) is 18.1 Å². The molecule has 48 valence electrons. The molecule has 9 heavy (non-hydrogen) atoms.